The zero-order chi connectivity index (χ0) is 15.8. The second-order valence-corrected chi connectivity index (χ2v) is 8.47. The molecule has 4 nitrogen and oxygen atoms in total. The summed E-state index contributed by atoms with van der Waals surface area (Å²) in [6.07, 6.45) is 11.5. The van der Waals surface area contributed by atoms with Crippen LogP contribution in [-0.2, 0) is 18.3 Å². The van der Waals surface area contributed by atoms with Crippen molar-refractivity contribution in [3.05, 3.63) is 24.7 Å². The maximum atomic E-state index is 5.71. The Morgan fingerprint density at radius 3 is 1.52 bits per heavy atom. The molecule has 0 atom stereocenters. The van der Waals surface area contributed by atoms with Crippen LogP contribution in [0.2, 0.25) is 12.1 Å². The van der Waals surface area contributed by atoms with Gasteiger partial charge in [0.15, 0.2) is 0 Å². The van der Waals surface area contributed by atoms with Crippen LogP contribution < -0.4 is 0 Å². The molecule has 0 aliphatic heterocycles. The van der Waals surface area contributed by atoms with E-state index in [9.17, 15) is 0 Å². The van der Waals surface area contributed by atoms with Gasteiger partial charge >= 0.3 is 8.56 Å². The van der Waals surface area contributed by atoms with Crippen LogP contribution in [0.15, 0.2) is 24.7 Å². The zero-order valence-corrected chi connectivity index (χ0v) is 15.1. The molecule has 0 heterocycles. The van der Waals surface area contributed by atoms with E-state index in [1.807, 2.05) is 12.2 Å². The van der Waals surface area contributed by atoms with E-state index in [2.05, 4.69) is 13.8 Å². The summed E-state index contributed by atoms with van der Waals surface area (Å²) in [5.74, 6) is 0. The van der Waals surface area contributed by atoms with Gasteiger partial charge in [-0.2, -0.15) is 0 Å². The molecule has 21 heavy (non-hydrogen) atoms. The largest absolute Gasteiger partial charge is 0.502 e. The summed E-state index contributed by atoms with van der Waals surface area (Å²) in [4.78, 5) is 0. The van der Waals surface area contributed by atoms with Gasteiger partial charge in [-0.3, -0.25) is 0 Å². The summed E-state index contributed by atoms with van der Waals surface area (Å²) in [5.41, 5.74) is 0. The highest BCUT2D eigenvalue weighted by molar-refractivity contribution is 6.67. The van der Waals surface area contributed by atoms with Crippen LogP contribution in [0.4, 0.5) is 0 Å². The lowest BCUT2D eigenvalue weighted by atomic mass is 10.5. The Morgan fingerprint density at radius 1 is 0.762 bits per heavy atom. The molecule has 0 fully saturated rings. The first-order valence-corrected chi connectivity index (χ1v) is 10.1. The van der Waals surface area contributed by atoms with Crippen molar-refractivity contribution in [1.82, 2.24) is 0 Å². The van der Waals surface area contributed by atoms with Crippen molar-refractivity contribution in [3.8, 4) is 0 Å². The summed E-state index contributed by atoms with van der Waals surface area (Å²) in [7, 11) is 1.42. The number of hydrogen-bond donors (Lipinski definition) is 0. The average Bonchev–Trinajstić information content (AvgIpc) is 2.52. The van der Waals surface area contributed by atoms with Gasteiger partial charge in [0, 0.05) is 14.2 Å². The highest BCUT2D eigenvalue weighted by Crippen LogP contribution is 2.21. The van der Waals surface area contributed by atoms with Crippen molar-refractivity contribution in [2.45, 2.75) is 51.6 Å². The van der Waals surface area contributed by atoms with E-state index in [0.29, 0.717) is 13.2 Å². The van der Waals surface area contributed by atoms with Crippen LogP contribution in [-0.4, -0.2) is 36.0 Å². The van der Waals surface area contributed by atoms with Gasteiger partial charge in [0.2, 0.25) is 0 Å². The monoisotopic (exact) mass is 316 g/mol. The molecule has 124 valence electrons. The van der Waals surface area contributed by atoms with Crippen LogP contribution in [0.3, 0.4) is 0 Å². The third-order valence-electron chi connectivity index (χ3n) is 3.24. The Kier molecular flexibility index (Phi) is 13.6. The lowest BCUT2D eigenvalue weighted by Crippen LogP contribution is -2.40. The zero-order valence-electron chi connectivity index (χ0n) is 14.1. The molecule has 0 rings (SSSR count). The van der Waals surface area contributed by atoms with E-state index in [0.717, 1.165) is 37.8 Å². The fourth-order valence-electron chi connectivity index (χ4n) is 1.93. The van der Waals surface area contributed by atoms with Gasteiger partial charge in [-0.05, 0) is 37.8 Å². The molecule has 0 aliphatic carbocycles. The molecule has 0 aromatic heterocycles. The lowest BCUT2D eigenvalue weighted by Gasteiger charge is -2.27. The van der Waals surface area contributed by atoms with Crippen molar-refractivity contribution in [3.63, 3.8) is 0 Å². The first-order chi connectivity index (χ1) is 10.2. The van der Waals surface area contributed by atoms with Crippen LogP contribution in [0, 0.1) is 0 Å². The second kappa shape index (κ2) is 14.2. The van der Waals surface area contributed by atoms with Crippen molar-refractivity contribution >= 4 is 8.56 Å². The van der Waals surface area contributed by atoms with E-state index < -0.39 is 8.56 Å². The van der Waals surface area contributed by atoms with Gasteiger partial charge < -0.3 is 18.3 Å². The average molecular weight is 317 g/mol. The number of hydrogen-bond acceptors (Lipinski definition) is 4. The normalized spacial score (nSPS) is 12.4. The topological polar surface area (TPSA) is 36.9 Å². The minimum absolute atomic E-state index is 0.716. The minimum Gasteiger partial charge on any atom is -0.502 e. The molecule has 0 aromatic rings. The third kappa shape index (κ3) is 10.6. The van der Waals surface area contributed by atoms with Gasteiger partial charge in [-0.25, -0.2) is 0 Å². The molecule has 0 unspecified atom stereocenters. The van der Waals surface area contributed by atoms with Gasteiger partial charge in [0.1, 0.15) is 0 Å². The molecule has 0 saturated heterocycles. The molecule has 0 saturated carbocycles. The van der Waals surface area contributed by atoms with E-state index in [1.54, 1.807) is 26.7 Å². The molecular formula is C16H32O4Si. The summed E-state index contributed by atoms with van der Waals surface area (Å²) in [6.45, 7) is 5.61. The van der Waals surface area contributed by atoms with Crippen molar-refractivity contribution < 1.29 is 18.3 Å². The number of rotatable bonds is 14. The summed E-state index contributed by atoms with van der Waals surface area (Å²) >= 11 is 0. The molecule has 0 spiro atoms. The van der Waals surface area contributed by atoms with E-state index >= 15 is 0 Å². The molecule has 0 bridgehead atoms. The van der Waals surface area contributed by atoms with Gasteiger partial charge in [-0.1, -0.05) is 26.0 Å². The summed E-state index contributed by atoms with van der Waals surface area (Å²) < 4.78 is 22.3. The molecule has 0 N–H and O–H groups in total. The Morgan fingerprint density at radius 2 is 1.19 bits per heavy atom. The van der Waals surface area contributed by atoms with Crippen molar-refractivity contribution in [2.75, 3.05) is 27.4 Å². The maximum absolute atomic E-state index is 5.71. The van der Waals surface area contributed by atoms with E-state index in [4.69, 9.17) is 18.3 Å². The first kappa shape index (κ1) is 20.2. The fourth-order valence-corrected chi connectivity index (χ4v) is 4.53. The van der Waals surface area contributed by atoms with Crippen molar-refractivity contribution in [2.24, 2.45) is 0 Å². The highest BCUT2D eigenvalue weighted by Gasteiger charge is 2.34. The Hall–Kier alpha value is -0.783. The second-order valence-electron chi connectivity index (χ2n) is 4.83. The van der Waals surface area contributed by atoms with Gasteiger partial charge in [0.25, 0.3) is 0 Å². The number of ether oxygens (including phenoxy) is 2. The third-order valence-corrected chi connectivity index (χ3v) is 6.96. The molecule has 5 heteroatoms. The van der Waals surface area contributed by atoms with Crippen LogP contribution in [0.25, 0.3) is 0 Å². The van der Waals surface area contributed by atoms with Gasteiger partial charge in [-0.15, -0.1) is 0 Å². The predicted molar refractivity (Wildman–Crippen MR) is 89.4 cm³/mol. The quantitative estimate of drug-likeness (QED) is 0.271. The Balaban J connectivity index is 3.94. The molecule has 0 amide bonds. The molecule has 0 aromatic carbocycles. The first-order valence-electron chi connectivity index (χ1n) is 7.88. The smallest absolute Gasteiger partial charge is 0.337 e. The van der Waals surface area contributed by atoms with E-state index in [-0.39, 0.29) is 0 Å². The highest BCUT2D eigenvalue weighted by atomic mass is 28.4. The van der Waals surface area contributed by atoms with Gasteiger partial charge in [0.05, 0.1) is 25.7 Å². The molecule has 0 radical (unpaired) electrons. The Labute approximate surface area is 131 Å². The van der Waals surface area contributed by atoms with E-state index in [1.165, 1.54) is 0 Å². The maximum Gasteiger partial charge on any atom is 0.337 e. The SMILES string of the molecule is CCC=COCCC[Si](CCCOC=CCC)(OC)OC. The number of allylic oxidation sites excluding steroid dienone is 2. The Bertz CT molecular complexity index is 251. The molecular weight excluding hydrogens is 284 g/mol. The van der Waals surface area contributed by atoms with Crippen LogP contribution in [0.1, 0.15) is 39.5 Å². The fraction of sp³-hybridized carbons (Fsp3) is 0.750. The van der Waals surface area contributed by atoms with Crippen LogP contribution >= 0.6 is 0 Å². The summed E-state index contributed by atoms with van der Waals surface area (Å²) in [5, 5.41) is 0. The van der Waals surface area contributed by atoms with Crippen molar-refractivity contribution in [1.29, 1.82) is 0 Å². The molecule has 0 aliphatic rings. The standard InChI is InChI=1S/C16H32O4Si/c1-5-7-11-19-13-9-15-21(17-3,18-4)16-10-14-20-12-8-6-2/h7-8,11-12H,5-6,9-10,13-16H2,1-4H3. The minimum atomic E-state index is -2.09. The summed E-state index contributed by atoms with van der Waals surface area (Å²) in [6, 6.07) is 1.90. The van der Waals surface area contributed by atoms with Crippen LogP contribution in [0.5, 0.6) is 0 Å². The lowest BCUT2D eigenvalue weighted by molar-refractivity contribution is 0.210. The predicted octanol–water partition coefficient (Wildman–Crippen LogP) is 4.38.